The monoisotopic (exact) mass is 432 g/mol. The summed E-state index contributed by atoms with van der Waals surface area (Å²) in [7, 11) is 1.38. The fraction of sp³-hybridized carbons (Fsp3) is 0.222. The lowest BCUT2D eigenvalue weighted by Crippen LogP contribution is -2.05. The molecule has 76 valence electrons. The van der Waals surface area contributed by atoms with Gasteiger partial charge in [0.15, 0.2) is 0 Å². The molecule has 0 fully saturated rings. The first-order chi connectivity index (χ1) is 6.61. The maximum atomic E-state index is 11.3. The number of halogens is 3. The van der Waals surface area contributed by atoms with Crippen LogP contribution in [0.5, 0.6) is 0 Å². The Hall–Kier alpha value is 0.380. The van der Waals surface area contributed by atoms with Crippen molar-refractivity contribution in [3.8, 4) is 0 Å². The van der Waals surface area contributed by atoms with Gasteiger partial charge in [0.2, 0.25) is 0 Å². The SMILES string of the molecule is COC(=O)c1ccc(CBr)c(Br)c1I. The van der Waals surface area contributed by atoms with Crippen molar-refractivity contribution < 1.29 is 9.53 Å². The van der Waals surface area contributed by atoms with Crippen molar-refractivity contribution in [3.05, 3.63) is 31.3 Å². The van der Waals surface area contributed by atoms with E-state index < -0.39 is 0 Å². The highest BCUT2D eigenvalue weighted by Crippen LogP contribution is 2.28. The number of rotatable bonds is 2. The third kappa shape index (κ3) is 2.49. The van der Waals surface area contributed by atoms with Crippen molar-refractivity contribution in [2.75, 3.05) is 7.11 Å². The summed E-state index contributed by atoms with van der Waals surface area (Å²) in [4.78, 5) is 11.3. The van der Waals surface area contributed by atoms with Crippen molar-refractivity contribution in [2.45, 2.75) is 5.33 Å². The topological polar surface area (TPSA) is 26.3 Å². The minimum Gasteiger partial charge on any atom is -0.465 e. The number of esters is 1. The van der Waals surface area contributed by atoms with Gasteiger partial charge >= 0.3 is 5.97 Å². The standard InChI is InChI=1S/C9H7Br2IO2/c1-14-9(13)6-3-2-5(4-10)7(11)8(6)12/h2-3H,4H2,1H3. The smallest absolute Gasteiger partial charge is 0.338 e. The lowest BCUT2D eigenvalue weighted by Gasteiger charge is -2.07. The highest BCUT2D eigenvalue weighted by atomic mass is 127. The van der Waals surface area contributed by atoms with Gasteiger partial charge in [0.05, 0.1) is 12.7 Å². The van der Waals surface area contributed by atoms with Crippen molar-refractivity contribution >= 4 is 60.4 Å². The third-order valence-electron chi connectivity index (χ3n) is 1.71. The zero-order valence-electron chi connectivity index (χ0n) is 7.31. The maximum absolute atomic E-state index is 11.3. The first-order valence-corrected chi connectivity index (χ1v) is 6.72. The van der Waals surface area contributed by atoms with E-state index in [0.29, 0.717) is 5.56 Å². The van der Waals surface area contributed by atoms with Gasteiger partial charge < -0.3 is 4.74 Å². The van der Waals surface area contributed by atoms with E-state index in [9.17, 15) is 4.79 Å². The summed E-state index contributed by atoms with van der Waals surface area (Å²) in [5.41, 5.74) is 1.70. The van der Waals surface area contributed by atoms with Crippen LogP contribution in [0.4, 0.5) is 0 Å². The molecular weight excluding hydrogens is 427 g/mol. The first kappa shape index (κ1) is 12.4. The van der Waals surface area contributed by atoms with Gasteiger partial charge in [-0.3, -0.25) is 0 Å². The maximum Gasteiger partial charge on any atom is 0.338 e. The summed E-state index contributed by atoms with van der Waals surface area (Å²) in [6.45, 7) is 0. The van der Waals surface area contributed by atoms with Gasteiger partial charge in [-0.1, -0.05) is 22.0 Å². The number of carbonyl (C=O) groups is 1. The molecule has 1 aromatic rings. The first-order valence-electron chi connectivity index (χ1n) is 3.73. The molecule has 1 rings (SSSR count). The Bertz CT molecular complexity index is 366. The average molecular weight is 434 g/mol. The Balaban J connectivity index is 3.24. The highest BCUT2D eigenvalue weighted by Gasteiger charge is 2.14. The molecule has 0 spiro atoms. The lowest BCUT2D eigenvalue weighted by atomic mass is 10.1. The summed E-state index contributed by atoms with van der Waals surface area (Å²) < 4.78 is 6.49. The summed E-state index contributed by atoms with van der Waals surface area (Å²) >= 11 is 8.94. The van der Waals surface area contributed by atoms with Crippen LogP contribution in [0.15, 0.2) is 16.6 Å². The number of methoxy groups -OCH3 is 1. The summed E-state index contributed by atoms with van der Waals surface area (Å²) in [6.07, 6.45) is 0. The van der Waals surface area contributed by atoms with Crippen LogP contribution in [0.3, 0.4) is 0 Å². The van der Waals surface area contributed by atoms with Gasteiger partial charge in [-0.05, 0) is 50.2 Å². The van der Waals surface area contributed by atoms with Gasteiger partial charge in [0.25, 0.3) is 0 Å². The van der Waals surface area contributed by atoms with Crippen molar-refractivity contribution in [1.29, 1.82) is 0 Å². The third-order valence-corrected chi connectivity index (χ3v) is 5.08. The van der Waals surface area contributed by atoms with Crippen LogP contribution >= 0.6 is 54.5 Å². The normalized spacial score (nSPS) is 10.0. The molecule has 5 heteroatoms. The summed E-state index contributed by atoms with van der Waals surface area (Å²) in [5.74, 6) is -0.309. The number of benzene rings is 1. The van der Waals surface area contributed by atoms with E-state index in [1.807, 2.05) is 6.07 Å². The average Bonchev–Trinajstić information content (AvgIpc) is 2.21. The number of ether oxygens (including phenoxy) is 1. The van der Waals surface area contributed by atoms with Crippen LogP contribution in [0.1, 0.15) is 15.9 Å². The Morgan fingerprint density at radius 2 is 2.21 bits per heavy atom. The molecular formula is C9H7Br2IO2. The molecule has 0 amide bonds. The molecule has 0 atom stereocenters. The molecule has 0 heterocycles. The molecule has 0 saturated heterocycles. The van der Waals surface area contributed by atoms with Crippen LogP contribution in [-0.4, -0.2) is 13.1 Å². The zero-order valence-corrected chi connectivity index (χ0v) is 12.6. The Morgan fingerprint density at radius 1 is 1.57 bits per heavy atom. The van der Waals surface area contributed by atoms with Gasteiger partial charge in [-0.2, -0.15) is 0 Å². The van der Waals surface area contributed by atoms with Crippen LogP contribution < -0.4 is 0 Å². The van der Waals surface area contributed by atoms with E-state index in [2.05, 4.69) is 59.2 Å². The van der Waals surface area contributed by atoms with Crippen LogP contribution in [-0.2, 0) is 10.1 Å². The van der Waals surface area contributed by atoms with Crippen LogP contribution in [0.25, 0.3) is 0 Å². The molecule has 14 heavy (non-hydrogen) atoms. The Morgan fingerprint density at radius 3 is 2.71 bits per heavy atom. The molecule has 0 aliphatic carbocycles. The predicted octanol–water partition coefficient (Wildman–Crippen LogP) is 3.74. The second-order valence-corrected chi connectivity index (χ2v) is 4.96. The van der Waals surface area contributed by atoms with Crippen molar-refractivity contribution in [1.82, 2.24) is 0 Å². The molecule has 0 aliphatic heterocycles. The van der Waals surface area contributed by atoms with Crippen molar-refractivity contribution in [2.24, 2.45) is 0 Å². The molecule has 0 unspecified atom stereocenters. The second-order valence-electron chi connectivity index (χ2n) is 2.53. The van der Waals surface area contributed by atoms with E-state index in [4.69, 9.17) is 0 Å². The van der Waals surface area contributed by atoms with E-state index in [1.165, 1.54) is 7.11 Å². The van der Waals surface area contributed by atoms with E-state index >= 15 is 0 Å². The predicted molar refractivity (Wildman–Crippen MR) is 70.8 cm³/mol. The van der Waals surface area contributed by atoms with Gasteiger partial charge in [0, 0.05) is 13.4 Å². The number of hydrogen-bond donors (Lipinski definition) is 0. The number of carbonyl (C=O) groups excluding carboxylic acids is 1. The molecule has 2 nitrogen and oxygen atoms in total. The Labute approximate surface area is 113 Å². The van der Waals surface area contributed by atoms with Crippen molar-refractivity contribution in [3.63, 3.8) is 0 Å². The van der Waals surface area contributed by atoms with Crippen LogP contribution in [0.2, 0.25) is 0 Å². The quantitative estimate of drug-likeness (QED) is 0.403. The summed E-state index contributed by atoms with van der Waals surface area (Å²) in [6, 6.07) is 3.67. The molecule has 1 aromatic carbocycles. The molecule has 0 aromatic heterocycles. The van der Waals surface area contributed by atoms with Gasteiger partial charge in [0.1, 0.15) is 0 Å². The summed E-state index contributed by atoms with van der Waals surface area (Å²) in [5, 5.41) is 0.755. The lowest BCUT2D eigenvalue weighted by molar-refractivity contribution is 0.0599. The molecule has 0 bridgehead atoms. The molecule has 0 radical (unpaired) electrons. The fourth-order valence-corrected chi connectivity index (χ4v) is 3.04. The van der Waals surface area contributed by atoms with Crippen LogP contribution in [0, 0.1) is 3.57 Å². The highest BCUT2D eigenvalue weighted by molar-refractivity contribution is 14.1. The second kappa shape index (κ2) is 5.46. The minimum absolute atomic E-state index is 0.309. The van der Waals surface area contributed by atoms with E-state index in [-0.39, 0.29) is 5.97 Å². The van der Waals surface area contributed by atoms with Gasteiger partial charge in [-0.15, -0.1) is 0 Å². The molecule has 0 saturated carbocycles. The van der Waals surface area contributed by atoms with Gasteiger partial charge in [-0.25, -0.2) is 4.79 Å². The minimum atomic E-state index is -0.309. The van der Waals surface area contributed by atoms with E-state index in [0.717, 1.165) is 18.9 Å². The number of alkyl halides is 1. The number of hydrogen-bond acceptors (Lipinski definition) is 2. The zero-order chi connectivity index (χ0) is 10.7. The fourth-order valence-electron chi connectivity index (χ4n) is 0.960. The Kier molecular flexibility index (Phi) is 4.86. The molecule has 0 N–H and O–H groups in total. The largest absolute Gasteiger partial charge is 0.465 e. The molecule has 0 aliphatic rings. The van der Waals surface area contributed by atoms with E-state index in [1.54, 1.807) is 6.07 Å².